The Balaban J connectivity index is 1.64. The van der Waals surface area contributed by atoms with Gasteiger partial charge in [0.25, 0.3) is 0 Å². The van der Waals surface area contributed by atoms with Crippen LogP contribution in [0.25, 0.3) is 10.2 Å². The number of thiophene rings is 1. The third-order valence-electron chi connectivity index (χ3n) is 4.61. The highest BCUT2D eigenvalue weighted by Gasteiger charge is 2.24. The summed E-state index contributed by atoms with van der Waals surface area (Å²) in [6.07, 6.45) is 2.76. The second-order valence-corrected chi connectivity index (χ2v) is 7.81. The normalized spacial score (nSPS) is 14.8. The first kappa shape index (κ1) is 15.5. The molecule has 24 heavy (non-hydrogen) atoms. The van der Waals surface area contributed by atoms with E-state index in [1.54, 1.807) is 6.33 Å². The Morgan fingerprint density at radius 1 is 1.25 bits per heavy atom. The molecule has 1 aliphatic rings. The molecule has 0 spiro atoms. The molecule has 0 radical (unpaired) electrons. The van der Waals surface area contributed by atoms with Crippen molar-refractivity contribution in [3.63, 3.8) is 0 Å². The van der Waals surface area contributed by atoms with Crippen LogP contribution in [-0.2, 0) is 19.5 Å². The number of hydrogen-bond donors (Lipinski definition) is 0. The molecule has 5 heteroatoms. The molecule has 0 N–H and O–H groups in total. The van der Waals surface area contributed by atoms with Crippen LogP contribution in [0.4, 0.5) is 5.82 Å². The summed E-state index contributed by atoms with van der Waals surface area (Å²) in [6, 6.07) is 8.82. The molecule has 0 saturated heterocycles. The fraction of sp³-hybridized carbons (Fsp3) is 0.368. The van der Waals surface area contributed by atoms with Gasteiger partial charge in [0.2, 0.25) is 0 Å². The van der Waals surface area contributed by atoms with Crippen molar-refractivity contribution in [1.29, 1.82) is 0 Å². The maximum atomic E-state index is 4.51. The number of aryl methyl sites for hydroxylation is 1. The smallest absolute Gasteiger partial charge is 0.140 e. The summed E-state index contributed by atoms with van der Waals surface area (Å²) < 4.78 is 0. The summed E-state index contributed by atoms with van der Waals surface area (Å²) in [4.78, 5) is 16.2. The van der Waals surface area contributed by atoms with E-state index in [9.17, 15) is 0 Å². The lowest BCUT2D eigenvalue weighted by Crippen LogP contribution is -2.29. The van der Waals surface area contributed by atoms with Crippen molar-refractivity contribution < 1.29 is 0 Å². The number of anilines is 1. The number of aromatic nitrogens is 2. The van der Waals surface area contributed by atoms with E-state index in [4.69, 9.17) is 0 Å². The van der Waals surface area contributed by atoms with Gasteiger partial charge in [-0.05, 0) is 24.5 Å². The third kappa shape index (κ3) is 2.78. The summed E-state index contributed by atoms with van der Waals surface area (Å²) in [5, 5.41) is 1.26. The maximum absolute atomic E-state index is 4.51. The van der Waals surface area contributed by atoms with Gasteiger partial charge >= 0.3 is 0 Å². The zero-order chi connectivity index (χ0) is 16.7. The van der Waals surface area contributed by atoms with E-state index in [2.05, 4.69) is 65.1 Å². The van der Waals surface area contributed by atoms with E-state index >= 15 is 0 Å². The van der Waals surface area contributed by atoms with Crippen LogP contribution in [0.3, 0.4) is 0 Å². The van der Waals surface area contributed by atoms with Crippen molar-refractivity contribution >= 4 is 27.4 Å². The Morgan fingerprint density at radius 2 is 2.12 bits per heavy atom. The molecule has 124 valence electrons. The van der Waals surface area contributed by atoms with Crippen molar-refractivity contribution in [2.24, 2.45) is 0 Å². The molecule has 3 aromatic rings. The maximum Gasteiger partial charge on any atom is 0.140 e. The first-order valence-corrected chi connectivity index (χ1v) is 9.14. The van der Waals surface area contributed by atoms with Crippen molar-refractivity contribution in [3.8, 4) is 0 Å². The molecule has 0 fully saturated rings. The lowest BCUT2D eigenvalue weighted by atomic mass is 10.0. The largest absolute Gasteiger partial charge is 0.362 e. The van der Waals surface area contributed by atoms with E-state index in [-0.39, 0.29) is 0 Å². The van der Waals surface area contributed by atoms with Crippen LogP contribution in [0.2, 0.25) is 0 Å². The molecule has 0 amide bonds. The highest BCUT2D eigenvalue weighted by Crippen LogP contribution is 2.38. The molecule has 0 atom stereocenters. The molecule has 1 aliphatic heterocycles. The summed E-state index contributed by atoms with van der Waals surface area (Å²) in [5.41, 5.74) is 4.19. The number of fused-ring (bicyclic) bond motifs is 3. The predicted molar refractivity (Wildman–Crippen MR) is 101 cm³/mol. The zero-order valence-corrected chi connectivity index (χ0v) is 15.2. The average molecular weight is 338 g/mol. The minimum absolute atomic E-state index is 1.01. The van der Waals surface area contributed by atoms with Gasteiger partial charge in [-0.25, -0.2) is 9.97 Å². The Hall–Kier alpha value is -1.98. The molecule has 0 unspecified atom stereocenters. The van der Waals surface area contributed by atoms with Crippen LogP contribution in [0.5, 0.6) is 0 Å². The van der Waals surface area contributed by atoms with Crippen LogP contribution in [0.1, 0.15) is 21.6 Å². The monoisotopic (exact) mass is 338 g/mol. The van der Waals surface area contributed by atoms with E-state index in [0.29, 0.717) is 0 Å². The minimum atomic E-state index is 1.01. The van der Waals surface area contributed by atoms with Crippen LogP contribution < -0.4 is 4.90 Å². The molecule has 3 heterocycles. The molecular weight excluding hydrogens is 316 g/mol. The Morgan fingerprint density at radius 3 is 2.92 bits per heavy atom. The molecule has 2 aromatic heterocycles. The summed E-state index contributed by atoms with van der Waals surface area (Å²) >= 11 is 1.83. The summed E-state index contributed by atoms with van der Waals surface area (Å²) in [5.74, 6) is 1.05. The Bertz CT molecular complexity index is 884. The summed E-state index contributed by atoms with van der Waals surface area (Å²) in [7, 11) is 4.11. The zero-order valence-electron chi connectivity index (χ0n) is 14.4. The fourth-order valence-corrected chi connectivity index (χ4v) is 4.73. The SMILES string of the molecule is Cc1cccc(CN2CCc3c(sc4ncnc(N(C)C)c34)C2)c1. The average Bonchev–Trinajstić information content (AvgIpc) is 2.92. The quantitative estimate of drug-likeness (QED) is 0.730. The van der Waals surface area contributed by atoms with Gasteiger partial charge in [-0.1, -0.05) is 29.8 Å². The first-order chi connectivity index (χ1) is 11.6. The van der Waals surface area contributed by atoms with E-state index in [1.165, 1.54) is 27.0 Å². The molecule has 1 aromatic carbocycles. The van der Waals surface area contributed by atoms with Gasteiger partial charge in [0.05, 0.1) is 5.39 Å². The van der Waals surface area contributed by atoms with Crippen molar-refractivity contribution in [2.75, 3.05) is 25.5 Å². The van der Waals surface area contributed by atoms with Gasteiger partial charge in [-0.3, -0.25) is 4.90 Å². The van der Waals surface area contributed by atoms with Crippen LogP contribution in [-0.4, -0.2) is 35.5 Å². The number of hydrogen-bond acceptors (Lipinski definition) is 5. The Labute approximate surface area is 146 Å². The van der Waals surface area contributed by atoms with Crippen molar-refractivity contribution in [2.45, 2.75) is 26.4 Å². The van der Waals surface area contributed by atoms with Gasteiger partial charge in [0.15, 0.2) is 0 Å². The molecule has 0 saturated carbocycles. The van der Waals surface area contributed by atoms with E-state index in [0.717, 1.165) is 36.7 Å². The molecule has 4 rings (SSSR count). The second-order valence-electron chi connectivity index (χ2n) is 6.73. The second kappa shape index (κ2) is 6.15. The van der Waals surface area contributed by atoms with Crippen LogP contribution >= 0.6 is 11.3 Å². The number of rotatable bonds is 3. The van der Waals surface area contributed by atoms with Gasteiger partial charge in [0.1, 0.15) is 17.0 Å². The lowest BCUT2D eigenvalue weighted by Gasteiger charge is -2.27. The fourth-order valence-electron chi connectivity index (χ4n) is 3.51. The van der Waals surface area contributed by atoms with Gasteiger partial charge in [-0.2, -0.15) is 0 Å². The molecule has 0 aliphatic carbocycles. The molecule has 4 nitrogen and oxygen atoms in total. The predicted octanol–water partition coefficient (Wildman–Crippen LogP) is 3.62. The van der Waals surface area contributed by atoms with Crippen molar-refractivity contribution in [3.05, 3.63) is 52.2 Å². The van der Waals surface area contributed by atoms with Gasteiger partial charge < -0.3 is 4.90 Å². The van der Waals surface area contributed by atoms with E-state index < -0.39 is 0 Å². The number of nitrogens with zero attached hydrogens (tertiary/aromatic N) is 4. The van der Waals surface area contributed by atoms with Crippen LogP contribution in [0, 0.1) is 6.92 Å². The van der Waals surface area contributed by atoms with Crippen LogP contribution in [0.15, 0.2) is 30.6 Å². The highest BCUT2D eigenvalue weighted by atomic mass is 32.1. The lowest BCUT2D eigenvalue weighted by molar-refractivity contribution is 0.249. The molecule has 0 bridgehead atoms. The van der Waals surface area contributed by atoms with Gasteiger partial charge in [0, 0.05) is 38.6 Å². The minimum Gasteiger partial charge on any atom is -0.362 e. The molecular formula is C19H22N4S. The van der Waals surface area contributed by atoms with E-state index in [1.807, 2.05) is 11.3 Å². The highest BCUT2D eigenvalue weighted by molar-refractivity contribution is 7.18. The Kier molecular flexibility index (Phi) is 3.98. The van der Waals surface area contributed by atoms with Gasteiger partial charge in [-0.15, -0.1) is 11.3 Å². The summed E-state index contributed by atoms with van der Waals surface area (Å²) in [6.45, 7) is 5.28. The first-order valence-electron chi connectivity index (χ1n) is 8.32. The third-order valence-corrected chi connectivity index (χ3v) is 5.73. The topological polar surface area (TPSA) is 32.3 Å². The number of benzene rings is 1. The van der Waals surface area contributed by atoms with Crippen molar-refractivity contribution in [1.82, 2.24) is 14.9 Å². The standard InChI is InChI=1S/C19H22N4S/c1-13-5-4-6-14(9-13)10-23-8-7-15-16(11-23)24-19-17(15)18(22(2)3)20-12-21-19/h4-6,9,12H,7-8,10-11H2,1-3H3.